The molecule has 9 nitrogen and oxygen atoms in total. The molecule has 0 atom stereocenters. The Morgan fingerprint density at radius 3 is 2.40 bits per heavy atom. The minimum atomic E-state index is -0.772. The summed E-state index contributed by atoms with van der Waals surface area (Å²) in [7, 11) is 5.29. The zero-order chi connectivity index (χ0) is 18.7. The first-order valence-electron chi connectivity index (χ1n) is 7.05. The number of benzene rings is 1. The molecule has 2 rings (SSSR count). The van der Waals surface area contributed by atoms with Crippen molar-refractivity contribution in [2.45, 2.75) is 0 Å². The number of esters is 2. The lowest BCUT2D eigenvalue weighted by Crippen LogP contribution is -2.05. The van der Waals surface area contributed by atoms with Gasteiger partial charge in [-0.1, -0.05) is 0 Å². The van der Waals surface area contributed by atoms with Gasteiger partial charge in [0.25, 0.3) is 0 Å². The van der Waals surface area contributed by atoms with Crippen LogP contribution < -0.4 is 4.74 Å². The number of aryl methyl sites for hydroxylation is 1. The summed E-state index contributed by atoms with van der Waals surface area (Å²) in [5.74, 6) is -1.39. The van der Waals surface area contributed by atoms with Crippen molar-refractivity contribution in [1.82, 2.24) is 4.57 Å². The Bertz CT molecular complexity index is 896. The van der Waals surface area contributed by atoms with E-state index < -0.39 is 16.9 Å². The summed E-state index contributed by atoms with van der Waals surface area (Å²) in [6.07, 6.45) is 2.46. The molecular formula is C16H16N2O7. The molecule has 2 aromatic rings. The SMILES string of the molecule is COC(=O)/C=C/c1c(C(=O)OC)c2c([N+](=O)[O-])c(OC)ccc2n1C. The molecule has 0 saturated heterocycles. The number of methoxy groups -OCH3 is 3. The van der Waals surface area contributed by atoms with Gasteiger partial charge in [0.2, 0.25) is 0 Å². The van der Waals surface area contributed by atoms with Gasteiger partial charge in [-0.15, -0.1) is 0 Å². The van der Waals surface area contributed by atoms with E-state index >= 15 is 0 Å². The zero-order valence-corrected chi connectivity index (χ0v) is 14.1. The number of rotatable bonds is 5. The van der Waals surface area contributed by atoms with Crippen LogP contribution in [0.5, 0.6) is 5.75 Å². The molecule has 0 aliphatic rings. The van der Waals surface area contributed by atoms with Crippen LogP contribution in [0.4, 0.5) is 5.69 Å². The first kappa shape index (κ1) is 18.0. The van der Waals surface area contributed by atoms with Gasteiger partial charge in [-0.25, -0.2) is 9.59 Å². The lowest BCUT2D eigenvalue weighted by molar-refractivity contribution is -0.384. The Balaban J connectivity index is 2.95. The largest absolute Gasteiger partial charge is 0.490 e. The Hall–Kier alpha value is -3.36. The predicted octanol–water partition coefficient (Wildman–Crippen LogP) is 2.07. The summed E-state index contributed by atoms with van der Waals surface area (Å²) in [5.41, 5.74) is 0.292. The van der Waals surface area contributed by atoms with Gasteiger partial charge in [0.1, 0.15) is 0 Å². The molecule has 25 heavy (non-hydrogen) atoms. The standard InChI is InChI=1S/C16H16N2O7/c1-17-9-5-7-11(23-2)15(18(21)22)13(9)14(16(20)25-4)10(17)6-8-12(19)24-3/h5-8H,1-4H3/b8-6+. The number of fused-ring (bicyclic) bond motifs is 1. The average Bonchev–Trinajstić information content (AvgIpc) is 2.89. The first-order chi connectivity index (χ1) is 11.9. The monoisotopic (exact) mass is 348 g/mol. The average molecular weight is 348 g/mol. The number of nitro benzene ring substituents is 1. The fraction of sp³-hybridized carbons (Fsp3) is 0.250. The number of ether oxygens (including phenoxy) is 3. The molecule has 1 aromatic carbocycles. The van der Waals surface area contributed by atoms with E-state index in [-0.39, 0.29) is 28.1 Å². The van der Waals surface area contributed by atoms with Crippen molar-refractivity contribution in [2.75, 3.05) is 21.3 Å². The van der Waals surface area contributed by atoms with Gasteiger partial charge in [-0.05, 0) is 18.2 Å². The number of carbonyl (C=O) groups is 2. The van der Waals surface area contributed by atoms with E-state index in [4.69, 9.17) is 9.47 Å². The number of nitrogens with zero attached hydrogens (tertiary/aromatic N) is 2. The predicted molar refractivity (Wildman–Crippen MR) is 88.5 cm³/mol. The third-order valence-corrected chi connectivity index (χ3v) is 3.72. The van der Waals surface area contributed by atoms with E-state index in [1.807, 2.05) is 0 Å². The molecule has 0 unspecified atom stereocenters. The van der Waals surface area contributed by atoms with E-state index in [0.717, 1.165) is 6.08 Å². The highest BCUT2D eigenvalue weighted by molar-refractivity contribution is 6.12. The van der Waals surface area contributed by atoms with Gasteiger partial charge in [-0.2, -0.15) is 0 Å². The Morgan fingerprint density at radius 1 is 1.20 bits per heavy atom. The van der Waals surface area contributed by atoms with Crippen molar-refractivity contribution in [3.05, 3.63) is 39.6 Å². The van der Waals surface area contributed by atoms with Crippen LogP contribution in [-0.2, 0) is 21.3 Å². The van der Waals surface area contributed by atoms with Gasteiger partial charge < -0.3 is 18.8 Å². The van der Waals surface area contributed by atoms with Gasteiger partial charge >= 0.3 is 17.6 Å². The molecule has 0 fully saturated rings. The second-order valence-corrected chi connectivity index (χ2v) is 4.93. The Kier molecular flexibility index (Phi) is 5.06. The maximum absolute atomic E-state index is 12.3. The molecule has 0 aliphatic heterocycles. The fourth-order valence-corrected chi connectivity index (χ4v) is 2.58. The highest BCUT2D eigenvalue weighted by atomic mass is 16.6. The number of aromatic nitrogens is 1. The maximum Gasteiger partial charge on any atom is 0.340 e. The number of carbonyl (C=O) groups excluding carboxylic acids is 2. The third kappa shape index (κ3) is 3.03. The van der Waals surface area contributed by atoms with E-state index in [2.05, 4.69) is 4.74 Å². The highest BCUT2D eigenvalue weighted by Gasteiger charge is 2.30. The lowest BCUT2D eigenvalue weighted by atomic mass is 10.1. The summed E-state index contributed by atoms with van der Waals surface area (Å²) in [4.78, 5) is 34.6. The van der Waals surface area contributed by atoms with Gasteiger partial charge in [0.15, 0.2) is 5.75 Å². The van der Waals surface area contributed by atoms with E-state index in [1.165, 1.54) is 33.5 Å². The van der Waals surface area contributed by atoms with Crippen molar-refractivity contribution in [1.29, 1.82) is 0 Å². The Labute approximate surface area is 142 Å². The number of hydrogen-bond donors (Lipinski definition) is 0. The van der Waals surface area contributed by atoms with Crippen LogP contribution in [0, 0.1) is 10.1 Å². The molecule has 1 aromatic heterocycles. The summed E-state index contributed by atoms with van der Waals surface area (Å²) in [6.45, 7) is 0. The molecule has 0 spiro atoms. The van der Waals surface area contributed by atoms with Crippen LogP contribution in [0.25, 0.3) is 17.0 Å². The van der Waals surface area contributed by atoms with Crippen LogP contribution in [0.15, 0.2) is 18.2 Å². The second-order valence-electron chi connectivity index (χ2n) is 4.93. The van der Waals surface area contributed by atoms with Crippen molar-refractivity contribution >= 4 is 34.6 Å². The number of nitro groups is 1. The van der Waals surface area contributed by atoms with Crippen LogP contribution in [0.3, 0.4) is 0 Å². The van der Waals surface area contributed by atoms with E-state index in [1.54, 1.807) is 17.7 Å². The van der Waals surface area contributed by atoms with E-state index in [0.29, 0.717) is 5.52 Å². The van der Waals surface area contributed by atoms with E-state index in [9.17, 15) is 19.7 Å². The quantitative estimate of drug-likeness (QED) is 0.352. The minimum absolute atomic E-state index is 0.0109. The third-order valence-electron chi connectivity index (χ3n) is 3.72. The lowest BCUT2D eigenvalue weighted by Gasteiger charge is -2.04. The van der Waals surface area contributed by atoms with Crippen LogP contribution >= 0.6 is 0 Å². The van der Waals surface area contributed by atoms with Gasteiger partial charge in [-0.3, -0.25) is 10.1 Å². The molecule has 0 aliphatic carbocycles. The zero-order valence-electron chi connectivity index (χ0n) is 14.1. The summed E-state index contributed by atoms with van der Waals surface area (Å²) < 4.78 is 15.9. The fourth-order valence-electron chi connectivity index (χ4n) is 2.58. The van der Waals surface area contributed by atoms with Crippen LogP contribution in [-0.4, -0.2) is 42.8 Å². The molecule has 1 heterocycles. The van der Waals surface area contributed by atoms with Crippen LogP contribution in [0.1, 0.15) is 16.1 Å². The number of hydrogen-bond acceptors (Lipinski definition) is 7. The van der Waals surface area contributed by atoms with Gasteiger partial charge in [0, 0.05) is 13.1 Å². The molecule has 0 radical (unpaired) electrons. The van der Waals surface area contributed by atoms with Gasteiger partial charge in [0.05, 0.1) is 48.4 Å². The second kappa shape index (κ2) is 7.04. The minimum Gasteiger partial charge on any atom is -0.490 e. The summed E-state index contributed by atoms with van der Waals surface area (Å²) >= 11 is 0. The summed E-state index contributed by atoms with van der Waals surface area (Å²) in [5, 5.41) is 11.6. The molecule has 0 bridgehead atoms. The Morgan fingerprint density at radius 2 is 1.88 bits per heavy atom. The van der Waals surface area contributed by atoms with Crippen LogP contribution in [0.2, 0.25) is 0 Å². The van der Waals surface area contributed by atoms with Crippen molar-refractivity contribution < 1.29 is 28.7 Å². The first-order valence-corrected chi connectivity index (χ1v) is 7.05. The van der Waals surface area contributed by atoms with Crippen molar-refractivity contribution in [2.24, 2.45) is 7.05 Å². The molecular weight excluding hydrogens is 332 g/mol. The highest BCUT2D eigenvalue weighted by Crippen LogP contribution is 2.40. The van der Waals surface area contributed by atoms with Crippen molar-refractivity contribution in [3.63, 3.8) is 0 Å². The molecule has 0 N–H and O–H groups in total. The summed E-state index contributed by atoms with van der Waals surface area (Å²) in [6, 6.07) is 3.03. The molecule has 9 heteroatoms. The topological polar surface area (TPSA) is 110 Å². The van der Waals surface area contributed by atoms with Crippen molar-refractivity contribution in [3.8, 4) is 5.75 Å². The molecule has 0 amide bonds. The normalized spacial score (nSPS) is 10.9. The smallest absolute Gasteiger partial charge is 0.340 e. The molecule has 132 valence electrons. The molecule has 0 saturated carbocycles. The maximum atomic E-state index is 12.3.